The van der Waals surface area contributed by atoms with Crippen LogP contribution in [0.4, 0.5) is 11.5 Å². The number of allylic oxidation sites excluding steroid dienone is 1. The highest BCUT2D eigenvalue weighted by molar-refractivity contribution is 6.04. The number of hydrogen-bond acceptors (Lipinski definition) is 5. The van der Waals surface area contributed by atoms with Crippen LogP contribution in [0.15, 0.2) is 42.0 Å². The van der Waals surface area contributed by atoms with E-state index >= 15 is 0 Å². The molecule has 0 radical (unpaired) electrons. The lowest BCUT2D eigenvalue weighted by atomic mass is 9.97. The third-order valence-corrected chi connectivity index (χ3v) is 4.71. The summed E-state index contributed by atoms with van der Waals surface area (Å²) in [6.07, 6.45) is 8.33. The number of amides is 1. The molecule has 1 aliphatic carbocycles. The van der Waals surface area contributed by atoms with Crippen molar-refractivity contribution >= 4 is 17.4 Å². The number of nitrogens with one attached hydrogen (secondary N) is 2. The van der Waals surface area contributed by atoms with Crippen LogP contribution >= 0.6 is 0 Å². The fraction of sp³-hybridized carbons (Fsp3) is 0.435. The summed E-state index contributed by atoms with van der Waals surface area (Å²) < 4.78 is 5.78. The van der Waals surface area contributed by atoms with E-state index in [1.807, 2.05) is 38.1 Å². The number of aryl methyl sites for hydroxylation is 1. The molecule has 6 nitrogen and oxygen atoms in total. The largest absolute Gasteiger partial charge is 0.489 e. The van der Waals surface area contributed by atoms with E-state index in [0.717, 1.165) is 13.0 Å². The molecule has 1 amide bonds. The van der Waals surface area contributed by atoms with Crippen molar-refractivity contribution in [3.8, 4) is 5.75 Å². The molecule has 2 N–H and O–H groups in total. The molecule has 1 heterocycles. The maximum Gasteiger partial charge on any atom is 0.274 e. The number of hydrogen-bond donors (Lipinski definition) is 2. The SMILES string of the molecule is Cc1nc(NCCC2=CCCCC2)cc(C(=O)Nc2ccccc2OC(C)C)n1. The quantitative estimate of drug-likeness (QED) is 0.607. The van der Waals surface area contributed by atoms with Crippen LogP contribution in [0.2, 0.25) is 0 Å². The highest BCUT2D eigenvalue weighted by Gasteiger charge is 2.14. The summed E-state index contributed by atoms with van der Waals surface area (Å²) in [5, 5.41) is 6.24. The van der Waals surface area contributed by atoms with Gasteiger partial charge < -0.3 is 15.4 Å². The van der Waals surface area contributed by atoms with Crippen LogP contribution in [0.5, 0.6) is 5.75 Å². The van der Waals surface area contributed by atoms with E-state index in [1.54, 1.807) is 13.0 Å². The first-order valence-electron chi connectivity index (χ1n) is 10.4. The van der Waals surface area contributed by atoms with Gasteiger partial charge in [0.2, 0.25) is 0 Å². The van der Waals surface area contributed by atoms with E-state index in [0.29, 0.717) is 28.8 Å². The van der Waals surface area contributed by atoms with Gasteiger partial charge >= 0.3 is 0 Å². The predicted octanol–water partition coefficient (Wildman–Crippen LogP) is 5.13. The molecule has 154 valence electrons. The summed E-state index contributed by atoms with van der Waals surface area (Å²) in [6.45, 7) is 6.50. The molecule has 1 aliphatic rings. The van der Waals surface area contributed by atoms with Crippen molar-refractivity contribution < 1.29 is 9.53 Å². The molecule has 0 saturated heterocycles. The average molecular weight is 395 g/mol. The molecular formula is C23H30N4O2. The van der Waals surface area contributed by atoms with E-state index in [9.17, 15) is 4.79 Å². The fourth-order valence-corrected chi connectivity index (χ4v) is 3.37. The minimum absolute atomic E-state index is 0.0180. The van der Waals surface area contributed by atoms with Crippen molar-refractivity contribution in [2.75, 3.05) is 17.2 Å². The molecule has 29 heavy (non-hydrogen) atoms. The van der Waals surface area contributed by atoms with Gasteiger partial charge in [-0.05, 0) is 65.0 Å². The van der Waals surface area contributed by atoms with Crippen LogP contribution in [0.1, 0.15) is 62.3 Å². The average Bonchev–Trinajstić information content (AvgIpc) is 2.69. The molecular weight excluding hydrogens is 364 g/mol. The van der Waals surface area contributed by atoms with Crippen LogP contribution in [0.25, 0.3) is 0 Å². The van der Waals surface area contributed by atoms with Crippen LogP contribution in [0.3, 0.4) is 0 Å². The number of anilines is 2. The van der Waals surface area contributed by atoms with Crippen molar-refractivity contribution in [1.29, 1.82) is 0 Å². The molecule has 1 aromatic heterocycles. The third kappa shape index (κ3) is 6.31. The van der Waals surface area contributed by atoms with E-state index in [-0.39, 0.29) is 12.0 Å². The molecule has 0 aliphatic heterocycles. The normalized spacial score (nSPS) is 13.7. The first-order valence-corrected chi connectivity index (χ1v) is 10.4. The summed E-state index contributed by atoms with van der Waals surface area (Å²) in [5.41, 5.74) is 2.46. The molecule has 3 rings (SSSR count). The monoisotopic (exact) mass is 394 g/mol. The number of ether oxygens (including phenoxy) is 1. The zero-order valence-electron chi connectivity index (χ0n) is 17.5. The maximum atomic E-state index is 12.8. The predicted molar refractivity (Wildman–Crippen MR) is 117 cm³/mol. The second kappa shape index (κ2) is 10.0. The van der Waals surface area contributed by atoms with Crippen LogP contribution in [-0.2, 0) is 0 Å². The number of aromatic nitrogens is 2. The topological polar surface area (TPSA) is 76.1 Å². The molecule has 0 atom stereocenters. The number of para-hydroxylation sites is 2. The summed E-state index contributed by atoms with van der Waals surface area (Å²) in [4.78, 5) is 21.5. The highest BCUT2D eigenvalue weighted by atomic mass is 16.5. The smallest absolute Gasteiger partial charge is 0.274 e. The Balaban J connectivity index is 1.66. The van der Waals surface area contributed by atoms with E-state index in [1.165, 1.54) is 31.3 Å². The number of rotatable bonds is 8. The molecule has 0 fully saturated rings. The molecule has 0 bridgehead atoms. The Kier molecular flexibility index (Phi) is 7.22. The van der Waals surface area contributed by atoms with Crippen molar-refractivity contribution in [1.82, 2.24) is 9.97 Å². The molecule has 2 aromatic rings. The van der Waals surface area contributed by atoms with Gasteiger partial charge in [0.25, 0.3) is 5.91 Å². The minimum Gasteiger partial charge on any atom is -0.489 e. The van der Waals surface area contributed by atoms with Gasteiger partial charge in [0.05, 0.1) is 11.8 Å². The fourth-order valence-electron chi connectivity index (χ4n) is 3.37. The number of carbonyl (C=O) groups is 1. The third-order valence-electron chi connectivity index (χ3n) is 4.71. The minimum atomic E-state index is -0.284. The second-order valence-corrected chi connectivity index (χ2v) is 7.59. The van der Waals surface area contributed by atoms with Crippen LogP contribution < -0.4 is 15.4 Å². The summed E-state index contributed by atoms with van der Waals surface area (Å²) in [6, 6.07) is 9.10. The van der Waals surface area contributed by atoms with Gasteiger partial charge in [-0.3, -0.25) is 4.79 Å². The molecule has 1 aromatic carbocycles. The van der Waals surface area contributed by atoms with Gasteiger partial charge in [-0.2, -0.15) is 0 Å². The van der Waals surface area contributed by atoms with E-state index in [2.05, 4.69) is 26.7 Å². The first kappa shape index (κ1) is 20.8. The summed E-state index contributed by atoms with van der Waals surface area (Å²) in [7, 11) is 0. The van der Waals surface area contributed by atoms with Gasteiger partial charge in [-0.1, -0.05) is 23.8 Å². The van der Waals surface area contributed by atoms with Crippen LogP contribution in [-0.4, -0.2) is 28.5 Å². The van der Waals surface area contributed by atoms with Crippen molar-refractivity contribution in [3.05, 3.63) is 53.5 Å². The Hall–Kier alpha value is -2.89. The van der Waals surface area contributed by atoms with Gasteiger partial charge in [0.15, 0.2) is 0 Å². The zero-order valence-corrected chi connectivity index (χ0v) is 17.5. The highest BCUT2D eigenvalue weighted by Crippen LogP contribution is 2.25. The molecule has 0 spiro atoms. The first-order chi connectivity index (χ1) is 14.0. The van der Waals surface area contributed by atoms with Crippen LogP contribution in [0, 0.1) is 6.92 Å². The lowest BCUT2D eigenvalue weighted by Gasteiger charge is -2.15. The standard InChI is InChI=1S/C23H30N4O2/c1-16(2)29-21-12-8-7-11-19(21)27-23(28)20-15-22(26-17(3)25-20)24-14-13-18-9-5-4-6-10-18/h7-9,11-12,15-16H,4-6,10,13-14H2,1-3H3,(H,27,28)(H,24,25,26). The molecule has 0 saturated carbocycles. The lowest BCUT2D eigenvalue weighted by molar-refractivity contribution is 0.102. The van der Waals surface area contributed by atoms with Crippen molar-refractivity contribution in [2.45, 2.75) is 59.0 Å². The summed E-state index contributed by atoms with van der Waals surface area (Å²) >= 11 is 0. The second-order valence-electron chi connectivity index (χ2n) is 7.59. The Bertz CT molecular complexity index is 877. The van der Waals surface area contributed by atoms with E-state index < -0.39 is 0 Å². The van der Waals surface area contributed by atoms with Gasteiger partial charge in [-0.15, -0.1) is 0 Å². The lowest BCUT2D eigenvalue weighted by Crippen LogP contribution is -2.17. The number of carbonyl (C=O) groups excluding carboxylic acids is 1. The zero-order chi connectivity index (χ0) is 20.6. The Morgan fingerprint density at radius 3 is 2.79 bits per heavy atom. The molecule has 0 unspecified atom stereocenters. The Morgan fingerprint density at radius 2 is 2.03 bits per heavy atom. The van der Waals surface area contributed by atoms with Crippen molar-refractivity contribution in [3.63, 3.8) is 0 Å². The summed E-state index contributed by atoms with van der Waals surface area (Å²) in [5.74, 6) is 1.59. The molecule has 6 heteroatoms. The van der Waals surface area contributed by atoms with E-state index in [4.69, 9.17) is 4.74 Å². The Labute approximate surface area is 172 Å². The number of benzene rings is 1. The van der Waals surface area contributed by atoms with Gasteiger partial charge in [-0.25, -0.2) is 9.97 Å². The van der Waals surface area contributed by atoms with Gasteiger partial charge in [0.1, 0.15) is 23.1 Å². The van der Waals surface area contributed by atoms with Gasteiger partial charge in [0, 0.05) is 12.6 Å². The number of nitrogens with zero attached hydrogens (tertiary/aromatic N) is 2. The van der Waals surface area contributed by atoms with Crippen molar-refractivity contribution in [2.24, 2.45) is 0 Å². The Morgan fingerprint density at radius 1 is 1.21 bits per heavy atom. The maximum absolute atomic E-state index is 12.8.